The third-order valence-corrected chi connectivity index (χ3v) is 5.50. The van der Waals surface area contributed by atoms with Gasteiger partial charge >= 0.3 is 0 Å². The molecule has 0 bridgehead atoms. The zero-order chi connectivity index (χ0) is 21.7. The minimum absolute atomic E-state index is 0.106. The molecule has 31 heavy (non-hydrogen) atoms. The van der Waals surface area contributed by atoms with Crippen LogP contribution in [0.3, 0.4) is 0 Å². The van der Waals surface area contributed by atoms with Crippen molar-refractivity contribution >= 4 is 34.1 Å². The number of aryl methyl sites for hydroxylation is 1. The standard InChI is InChI=1S/C20H19ClN8O2/c1-9(25-17-15(16(22)23-8-24-17)18-26-10(2)31-28-18)19-27-13-5-3-4-12(21)14(13)20(30)29(19)11-6-7-11/h3-5,8-9,11H,6-7H2,1-2H3,(H3,22,23,24,25). The van der Waals surface area contributed by atoms with Crippen molar-refractivity contribution in [3.63, 3.8) is 0 Å². The SMILES string of the molecule is Cc1nc(-c2c(N)ncnc2NC(C)c2nc3cccc(Cl)c3c(=O)n2C2CC2)no1. The summed E-state index contributed by atoms with van der Waals surface area (Å²) in [5.41, 5.74) is 6.92. The molecule has 11 heteroatoms. The van der Waals surface area contributed by atoms with Gasteiger partial charge < -0.3 is 15.6 Å². The fourth-order valence-electron chi connectivity index (χ4n) is 3.61. The van der Waals surface area contributed by atoms with Gasteiger partial charge in [0.25, 0.3) is 5.56 Å². The summed E-state index contributed by atoms with van der Waals surface area (Å²) in [6, 6.07) is 5.00. The molecule has 1 aromatic carbocycles. The van der Waals surface area contributed by atoms with Crippen LogP contribution in [0, 0.1) is 6.92 Å². The molecule has 1 saturated carbocycles. The molecule has 10 nitrogen and oxygen atoms in total. The topological polar surface area (TPSA) is 138 Å². The van der Waals surface area contributed by atoms with Crippen LogP contribution in [0.15, 0.2) is 33.8 Å². The minimum atomic E-state index is -0.377. The Labute approximate surface area is 181 Å². The van der Waals surface area contributed by atoms with Gasteiger partial charge in [0.2, 0.25) is 11.7 Å². The molecular formula is C20H19ClN8O2. The Bertz CT molecular complexity index is 1360. The van der Waals surface area contributed by atoms with Gasteiger partial charge in [-0.25, -0.2) is 15.0 Å². The van der Waals surface area contributed by atoms with Crippen molar-refractivity contribution in [1.82, 2.24) is 29.7 Å². The Balaban J connectivity index is 1.61. The smallest absolute Gasteiger partial charge is 0.263 e. The van der Waals surface area contributed by atoms with E-state index in [9.17, 15) is 4.79 Å². The van der Waals surface area contributed by atoms with Crippen LogP contribution in [0.2, 0.25) is 5.02 Å². The molecule has 3 aromatic heterocycles. The molecule has 1 unspecified atom stereocenters. The van der Waals surface area contributed by atoms with Gasteiger partial charge in [0.05, 0.1) is 22.0 Å². The van der Waals surface area contributed by atoms with E-state index < -0.39 is 0 Å². The summed E-state index contributed by atoms with van der Waals surface area (Å²) in [6.07, 6.45) is 3.19. The second-order valence-corrected chi connectivity index (χ2v) is 7.90. The molecule has 1 aliphatic carbocycles. The summed E-state index contributed by atoms with van der Waals surface area (Å²) < 4.78 is 6.81. The number of nitrogens with two attached hydrogens (primary N) is 1. The third-order valence-electron chi connectivity index (χ3n) is 5.19. The second kappa shape index (κ2) is 7.31. The van der Waals surface area contributed by atoms with Crippen molar-refractivity contribution in [1.29, 1.82) is 0 Å². The van der Waals surface area contributed by atoms with Crippen LogP contribution in [0.1, 0.15) is 43.6 Å². The van der Waals surface area contributed by atoms with E-state index in [1.807, 2.05) is 6.92 Å². The molecule has 0 aliphatic heterocycles. The first kappa shape index (κ1) is 19.4. The van der Waals surface area contributed by atoms with E-state index in [4.69, 9.17) is 26.8 Å². The predicted molar refractivity (Wildman–Crippen MR) is 116 cm³/mol. The summed E-state index contributed by atoms with van der Waals surface area (Å²) >= 11 is 6.31. The van der Waals surface area contributed by atoms with Gasteiger partial charge in [-0.05, 0) is 31.9 Å². The lowest BCUT2D eigenvalue weighted by molar-refractivity contribution is 0.394. The average Bonchev–Trinajstić information content (AvgIpc) is 3.48. The van der Waals surface area contributed by atoms with Crippen molar-refractivity contribution < 1.29 is 4.52 Å². The van der Waals surface area contributed by atoms with E-state index >= 15 is 0 Å². The summed E-state index contributed by atoms with van der Waals surface area (Å²) in [6.45, 7) is 3.59. The fraction of sp³-hybridized carbons (Fsp3) is 0.300. The Morgan fingerprint density at radius 1 is 1.29 bits per heavy atom. The first-order valence-corrected chi connectivity index (χ1v) is 10.2. The summed E-state index contributed by atoms with van der Waals surface area (Å²) in [7, 11) is 0. The highest BCUT2D eigenvalue weighted by atomic mass is 35.5. The number of fused-ring (bicyclic) bond motifs is 1. The second-order valence-electron chi connectivity index (χ2n) is 7.50. The Kier molecular flexibility index (Phi) is 4.58. The van der Waals surface area contributed by atoms with Crippen molar-refractivity contribution in [2.24, 2.45) is 0 Å². The van der Waals surface area contributed by atoms with E-state index in [-0.39, 0.29) is 29.3 Å². The lowest BCUT2D eigenvalue weighted by atomic mass is 10.2. The monoisotopic (exact) mass is 438 g/mol. The van der Waals surface area contributed by atoms with Crippen LogP contribution in [-0.4, -0.2) is 29.7 Å². The number of benzene rings is 1. The molecule has 3 heterocycles. The van der Waals surface area contributed by atoms with Crippen LogP contribution < -0.4 is 16.6 Å². The lowest BCUT2D eigenvalue weighted by Crippen LogP contribution is -2.28. The van der Waals surface area contributed by atoms with Gasteiger partial charge in [-0.15, -0.1) is 0 Å². The van der Waals surface area contributed by atoms with Crippen LogP contribution in [0.5, 0.6) is 0 Å². The Hall–Kier alpha value is -3.53. The van der Waals surface area contributed by atoms with E-state index in [0.717, 1.165) is 12.8 Å². The number of nitrogen functional groups attached to an aromatic ring is 1. The number of aromatic nitrogens is 6. The fourth-order valence-corrected chi connectivity index (χ4v) is 3.86. The maximum Gasteiger partial charge on any atom is 0.263 e. The Morgan fingerprint density at radius 3 is 2.81 bits per heavy atom. The normalized spacial score (nSPS) is 14.7. The summed E-state index contributed by atoms with van der Waals surface area (Å²) in [5.74, 6) is 1.90. The van der Waals surface area contributed by atoms with Gasteiger partial charge in [0.1, 0.15) is 29.4 Å². The van der Waals surface area contributed by atoms with Crippen molar-refractivity contribution in [2.45, 2.75) is 38.8 Å². The zero-order valence-electron chi connectivity index (χ0n) is 16.8. The lowest BCUT2D eigenvalue weighted by Gasteiger charge is -2.21. The highest BCUT2D eigenvalue weighted by Gasteiger charge is 2.31. The molecule has 0 amide bonds. The van der Waals surface area contributed by atoms with Gasteiger partial charge in [-0.3, -0.25) is 9.36 Å². The molecular weight excluding hydrogens is 420 g/mol. The van der Waals surface area contributed by atoms with Gasteiger partial charge in [0.15, 0.2) is 0 Å². The number of anilines is 2. The molecule has 0 radical (unpaired) electrons. The number of hydrogen-bond acceptors (Lipinski definition) is 9. The number of nitrogens with zero attached hydrogens (tertiary/aromatic N) is 6. The quantitative estimate of drug-likeness (QED) is 0.480. The molecule has 158 valence electrons. The number of rotatable bonds is 5. The molecule has 1 aliphatic rings. The number of nitrogens with one attached hydrogen (secondary N) is 1. The van der Waals surface area contributed by atoms with E-state index in [1.165, 1.54) is 6.33 Å². The number of hydrogen-bond donors (Lipinski definition) is 2. The molecule has 5 rings (SSSR count). The summed E-state index contributed by atoms with van der Waals surface area (Å²) in [4.78, 5) is 30.7. The molecule has 1 atom stereocenters. The van der Waals surface area contributed by atoms with E-state index in [0.29, 0.717) is 39.0 Å². The first-order chi connectivity index (χ1) is 14.9. The van der Waals surface area contributed by atoms with Gasteiger partial charge in [-0.2, -0.15) is 4.98 Å². The van der Waals surface area contributed by atoms with Crippen molar-refractivity contribution in [2.75, 3.05) is 11.1 Å². The maximum absolute atomic E-state index is 13.3. The Morgan fingerprint density at radius 2 is 2.10 bits per heavy atom. The van der Waals surface area contributed by atoms with Crippen molar-refractivity contribution in [3.05, 3.63) is 51.6 Å². The average molecular weight is 439 g/mol. The largest absolute Gasteiger partial charge is 0.383 e. The van der Waals surface area contributed by atoms with Crippen LogP contribution in [0.4, 0.5) is 11.6 Å². The molecule has 3 N–H and O–H groups in total. The van der Waals surface area contributed by atoms with Gasteiger partial charge in [-0.1, -0.05) is 22.8 Å². The highest BCUT2D eigenvalue weighted by Crippen LogP contribution is 2.37. The van der Waals surface area contributed by atoms with Crippen LogP contribution in [-0.2, 0) is 0 Å². The van der Waals surface area contributed by atoms with Crippen LogP contribution in [0.25, 0.3) is 22.3 Å². The maximum atomic E-state index is 13.3. The highest BCUT2D eigenvalue weighted by molar-refractivity contribution is 6.35. The predicted octanol–water partition coefficient (Wildman–Crippen LogP) is 3.29. The molecule has 1 fully saturated rings. The number of halogens is 1. The molecule has 4 aromatic rings. The molecule has 0 saturated heterocycles. The summed E-state index contributed by atoms with van der Waals surface area (Å²) in [5, 5.41) is 8.06. The van der Waals surface area contributed by atoms with E-state index in [2.05, 4.69) is 25.4 Å². The third kappa shape index (κ3) is 3.38. The van der Waals surface area contributed by atoms with Crippen molar-refractivity contribution in [3.8, 4) is 11.4 Å². The zero-order valence-corrected chi connectivity index (χ0v) is 17.6. The van der Waals surface area contributed by atoms with Crippen LogP contribution >= 0.6 is 11.6 Å². The minimum Gasteiger partial charge on any atom is -0.383 e. The molecule has 0 spiro atoms. The first-order valence-electron chi connectivity index (χ1n) is 9.82. The van der Waals surface area contributed by atoms with E-state index in [1.54, 1.807) is 29.7 Å². The van der Waals surface area contributed by atoms with Gasteiger partial charge in [0, 0.05) is 13.0 Å².